The van der Waals surface area contributed by atoms with E-state index in [2.05, 4.69) is 5.32 Å². The van der Waals surface area contributed by atoms with Crippen LogP contribution in [0.5, 0.6) is 0 Å². The Morgan fingerprint density at radius 1 is 1.08 bits per heavy atom. The molecule has 1 aliphatic rings. The molecule has 1 atom stereocenters. The number of carbonyl (C=O) groups is 3. The average Bonchev–Trinajstić information content (AvgIpc) is 2.66. The highest BCUT2D eigenvalue weighted by Gasteiger charge is 2.31. The highest BCUT2D eigenvalue weighted by Crippen LogP contribution is 2.19. The zero-order chi connectivity index (χ0) is 18.5. The summed E-state index contributed by atoms with van der Waals surface area (Å²) in [5, 5.41) is 14.0. The van der Waals surface area contributed by atoms with Crippen molar-refractivity contribution >= 4 is 28.6 Å². The molecular formula is C20H22N2O4. The molecule has 0 spiro atoms. The van der Waals surface area contributed by atoms with Crippen LogP contribution in [0.4, 0.5) is 0 Å². The van der Waals surface area contributed by atoms with Crippen molar-refractivity contribution in [2.24, 2.45) is 0 Å². The Bertz CT molecular complexity index is 828. The van der Waals surface area contributed by atoms with Gasteiger partial charge in [-0.25, -0.2) is 4.79 Å². The van der Waals surface area contributed by atoms with Gasteiger partial charge >= 0.3 is 5.97 Å². The lowest BCUT2D eigenvalue weighted by atomic mass is 10.0. The minimum Gasteiger partial charge on any atom is -0.480 e. The number of carboxylic acid groups (broad SMARTS) is 1. The van der Waals surface area contributed by atoms with Crippen LogP contribution in [0.3, 0.4) is 0 Å². The SMILES string of the molecule is O=C(Cc1cccc2ccccc12)NCC(=O)N1CCCC[C@@H]1C(=O)O. The molecular weight excluding hydrogens is 332 g/mol. The van der Waals surface area contributed by atoms with Crippen molar-refractivity contribution in [1.29, 1.82) is 0 Å². The summed E-state index contributed by atoms with van der Waals surface area (Å²) in [6.45, 7) is 0.252. The first-order chi connectivity index (χ1) is 12.6. The standard InChI is InChI=1S/C20H22N2O4/c23-18(12-15-8-5-7-14-6-1-2-9-16(14)15)21-13-19(24)22-11-4-3-10-17(22)20(25)26/h1-2,5-9,17H,3-4,10-13H2,(H,21,23)(H,25,26)/t17-/m1/s1. The maximum Gasteiger partial charge on any atom is 0.326 e. The van der Waals surface area contributed by atoms with Crippen LogP contribution in [0.15, 0.2) is 42.5 Å². The summed E-state index contributed by atoms with van der Waals surface area (Å²) in [6, 6.07) is 12.8. The molecule has 0 radical (unpaired) electrons. The molecule has 0 saturated carbocycles. The van der Waals surface area contributed by atoms with Crippen LogP contribution in [0.1, 0.15) is 24.8 Å². The van der Waals surface area contributed by atoms with Crippen LogP contribution in [0.2, 0.25) is 0 Å². The van der Waals surface area contributed by atoms with E-state index in [0.717, 1.165) is 29.2 Å². The van der Waals surface area contributed by atoms with Gasteiger partial charge in [0.25, 0.3) is 0 Å². The second-order valence-electron chi connectivity index (χ2n) is 6.53. The summed E-state index contributed by atoms with van der Waals surface area (Å²) in [5.41, 5.74) is 0.898. The van der Waals surface area contributed by atoms with Crippen LogP contribution in [0, 0.1) is 0 Å². The minimum atomic E-state index is -0.986. The third-order valence-corrected chi connectivity index (χ3v) is 4.78. The Morgan fingerprint density at radius 2 is 1.85 bits per heavy atom. The number of rotatable bonds is 5. The second-order valence-corrected chi connectivity index (χ2v) is 6.53. The van der Waals surface area contributed by atoms with Crippen LogP contribution in [0.25, 0.3) is 10.8 Å². The summed E-state index contributed by atoms with van der Waals surface area (Å²) < 4.78 is 0. The molecule has 136 valence electrons. The maximum atomic E-state index is 12.3. The molecule has 26 heavy (non-hydrogen) atoms. The number of hydrogen-bond donors (Lipinski definition) is 2. The van der Waals surface area contributed by atoms with Gasteiger partial charge < -0.3 is 15.3 Å². The molecule has 0 unspecified atom stereocenters. The number of benzene rings is 2. The van der Waals surface area contributed by atoms with E-state index in [1.165, 1.54) is 4.90 Å². The number of amides is 2. The number of likely N-dealkylation sites (tertiary alicyclic amines) is 1. The summed E-state index contributed by atoms with van der Waals surface area (Å²) >= 11 is 0. The molecule has 1 heterocycles. The van der Waals surface area contributed by atoms with Gasteiger partial charge in [-0.15, -0.1) is 0 Å². The molecule has 1 saturated heterocycles. The molecule has 2 N–H and O–H groups in total. The lowest BCUT2D eigenvalue weighted by Crippen LogP contribution is -2.51. The van der Waals surface area contributed by atoms with Crippen molar-refractivity contribution in [1.82, 2.24) is 10.2 Å². The molecule has 6 nitrogen and oxygen atoms in total. The normalized spacial score (nSPS) is 17.1. The van der Waals surface area contributed by atoms with Crippen molar-refractivity contribution in [3.63, 3.8) is 0 Å². The zero-order valence-electron chi connectivity index (χ0n) is 14.5. The fourth-order valence-electron chi connectivity index (χ4n) is 3.44. The van der Waals surface area contributed by atoms with E-state index in [-0.39, 0.29) is 24.8 Å². The number of nitrogens with one attached hydrogen (secondary N) is 1. The zero-order valence-corrected chi connectivity index (χ0v) is 14.5. The van der Waals surface area contributed by atoms with Gasteiger partial charge in [-0.05, 0) is 35.6 Å². The highest BCUT2D eigenvalue weighted by molar-refractivity contribution is 5.92. The van der Waals surface area contributed by atoms with Gasteiger partial charge in [-0.2, -0.15) is 0 Å². The predicted octanol–water partition coefficient (Wildman–Crippen LogP) is 1.96. The lowest BCUT2D eigenvalue weighted by molar-refractivity contribution is -0.151. The van der Waals surface area contributed by atoms with Gasteiger partial charge in [0.15, 0.2) is 0 Å². The Balaban J connectivity index is 1.60. The van der Waals surface area contributed by atoms with E-state index in [1.54, 1.807) is 0 Å². The van der Waals surface area contributed by atoms with E-state index < -0.39 is 12.0 Å². The van der Waals surface area contributed by atoms with Crippen molar-refractivity contribution < 1.29 is 19.5 Å². The third-order valence-electron chi connectivity index (χ3n) is 4.78. The van der Waals surface area contributed by atoms with Crippen LogP contribution in [-0.2, 0) is 20.8 Å². The summed E-state index contributed by atoms with van der Waals surface area (Å²) in [7, 11) is 0. The largest absolute Gasteiger partial charge is 0.480 e. The van der Waals surface area contributed by atoms with E-state index in [1.807, 2.05) is 42.5 Å². The van der Waals surface area contributed by atoms with Gasteiger partial charge in [-0.3, -0.25) is 9.59 Å². The van der Waals surface area contributed by atoms with Gasteiger partial charge in [0.2, 0.25) is 11.8 Å². The molecule has 1 fully saturated rings. The Hall–Kier alpha value is -2.89. The second kappa shape index (κ2) is 7.99. The average molecular weight is 354 g/mol. The first-order valence-corrected chi connectivity index (χ1v) is 8.82. The number of piperidine rings is 1. The lowest BCUT2D eigenvalue weighted by Gasteiger charge is -2.33. The minimum absolute atomic E-state index is 0.173. The molecule has 3 rings (SSSR count). The topological polar surface area (TPSA) is 86.7 Å². The Labute approximate surface area is 151 Å². The van der Waals surface area contributed by atoms with Crippen molar-refractivity contribution in [3.05, 3.63) is 48.0 Å². The first kappa shape index (κ1) is 17.9. The maximum absolute atomic E-state index is 12.3. The molecule has 2 amide bonds. The molecule has 2 aromatic rings. The molecule has 0 bridgehead atoms. The molecule has 0 aromatic heterocycles. The number of nitrogens with zero attached hydrogens (tertiary/aromatic N) is 1. The van der Waals surface area contributed by atoms with Gasteiger partial charge in [-0.1, -0.05) is 42.5 Å². The van der Waals surface area contributed by atoms with Crippen molar-refractivity contribution in [3.8, 4) is 0 Å². The van der Waals surface area contributed by atoms with Crippen molar-refractivity contribution in [2.75, 3.05) is 13.1 Å². The number of carboxylic acids is 1. The molecule has 6 heteroatoms. The summed E-state index contributed by atoms with van der Waals surface area (Å²) in [6.07, 6.45) is 2.23. The van der Waals surface area contributed by atoms with E-state index >= 15 is 0 Å². The fourth-order valence-corrected chi connectivity index (χ4v) is 3.44. The van der Waals surface area contributed by atoms with E-state index in [9.17, 15) is 19.5 Å². The van der Waals surface area contributed by atoms with Gasteiger partial charge in [0.05, 0.1) is 13.0 Å². The first-order valence-electron chi connectivity index (χ1n) is 8.82. The molecule has 2 aromatic carbocycles. The van der Waals surface area contributed by atoms with Gasteiger partial charge in [0.1, 0.15) is 6.04 Å². The van der Waals surface area contributed by atoms with Crippen LogP contribution >= 0.6 is 0 Å². The summed E-state index contributed by atoms with van der Waals surface area (Å²) in [4.78, 5) is 37.2. The Morgan fingerprint density at radius 3 is 2.65 bits per heavy atom. The summed E-state index contributed by atoms with van der Waals surface area (Å²) in [5.74, 6) is -1.58. The third kappa shape index (κ3) is 4.02. The van der Waals surface area contributed by atoms with E-state index in [4.69, 9.17) is 0 Å². The van der Waals surface area contributed by atoms with Gasteiger partial charge in [0, 0.05) is 6.54 Å². The highest BCUT2D eigenvalue weighted by atomic mass is 16.4. The van der Waals surface area contributed by atoms with Crippen LogP contribution < -0.4 is 5.32 Å². The van der Waals surface area contributed by atoms with Crippen molar-refractivity contribution in [2.45, 2.75) is 31.7 Å². The van der Waals surface area contributed by atoms with E-state index in [0.29, 0.717) is 13.0 Å². The predicted molar refractivity (Wildman–Crippen MR) is 97.6 cm³/mol. The smallest absolute Gasteiger partial charge is 0.326 e. The van der Waals surface area contributed by atoms with Crippen LogP contribution in [-0.4, -0.2) is 46.9 Å². The number of carbonyl (C=O) groups excluding carboxylic acids is 2. The number of fused-ring (bicyclic) bond motifs is 1. The number of aliphatic carboxylic acids is 1. The molecule has 1 aliphatic heterocycles. The monoisotopic (exact) mass is 354 g/mol. The number of hydrogen-bond acceptors (Lipinski definition) is 3. The fraction of sp³-hybridized carbons (Fsp3) is 0.350. The Kier molecular flexibility index (Phi) is 5.51. The quantitative estimate of drug-likeness (QED) is 0.859. The molecule has 0 aliphatic carbocycles.